The quantitative estimate of drug-likeness (QED) is 0.485. The van der Waals surface area contributed by atoms with E-state index in [1.807, 2.05) is 13.8 Å². The van der Waals surface area contributed by atoms with Crippen LogP contribution in [-0.4, -0.2) is 55.9 Å². The molecular weight excluding hydrogens is 353 g/mol. The minimum absolute atomic E-state index is 0.0743. The zero-order chi connectivity index (χ0) is 19.9. The van der Waals surface area contributed by atoms with Gasteiger partial charge in [-0.2, -0.15) is 0 Å². The van der Waals surface area contributed by atoms with Crippen molar-refractivity contribution < 1.29 is 28.2 Å². The molecule has 0 spiro atoms. The number of nitrogens with zero attached hydrogens (tertiary/aromatic N) is 1. The van der Waals surface area contributed by atoms with Gasteiger partial charge >= 0.3 is 5.97 Å². The summed E-state index contributed by atoms with van der Waals surface area (Å²) in [6.07, 6.45) is 2.61. The van der Waals surface area contributed by atoms with E-state index in [0.717, 1.165) is 26.4 Å². The number of amides is 1. The van der Waals surface area contributed by atoms with E-state index in [-0.39, 0.29) is 25.4 Å². The van der Waals surface area contributed by atoms with Crippen LogP contribution in [0.5, 0.6) is 11.5 Å². The smallest absolute Gasteiger partial charge is 0.345 e. The second kappa shape index (κ2) is 9.58. The fraction of sp³-hybridized carbons (Fsp3) is 0.600. The lowest BCUT2D eigenvalue weighted by atomic mass is 10.1. The summed E-state index contributed by atoms with van der Waals surface area (Å²) in [5.41, 5.74) is -1.82. The summed E-state index contributed by atoms with van der Waals surface area (Å²) in [6, 6.07) is 5.03. The van der Waals surface area contributed by atoms with E-state index in [2.05, 4.69) is 4.74 Å². The highest BCUT2D eigenvalue weighted by molar-refractivity contribution is 5.98. The maximum Gasteiger partial charge on any atom is 0.345 e. The van der Waals surface area contributed by atoms with Crippen LogP contribution < -0.4 is 9.47 Å². The Morgan fingerprint density at radius 3 is 2.63 bits per heavy atom. The zero-order valence-electron chi connectivity index (χ0n) is 16.3. The van der Waals surface area contributed by atoms with E-state index in [0.29, 0.717) is 30.3 Å². The Morgan fingerprint density at radius 1 is 1.19 bits per heavy atom. The van der Waals surface area contributed by atoms with Crippen molar-refractivity contribution in [1.29, 1.82) is 0 Å². The van der Waals surface area contributed by atoms with Gasteiger partial charge in [0.2, 0.25) is 5.67 Å². The van der Waals surface area contributed by atoms with Crippen LogP contribution >= 0.6 is 0 Å². The maximum absolute atomic E-state index is 14.7. The van der Waals surface area contributed by atoms with Gasteiger partial charge in [-0.1, -0.05) is 20.3 Å². The van der Waals surface area contributed by atoms with E-state index < -0.39 is 11.6 Å². The minimum Gasteiger partial charge on any atom is -0.493 e. The summed E-state index contributed by atoms with van der Waals surface area (Å²) in [5, 5.41) is 0. The van der Waals surface area contributed by atoms with E-state index in [1.165, 1.54) is 4.90 Å². The molecule has 1 fully saturated rings. The van der Waals surface area contributed by atoms with E-state index in [9.17, 15) is 14.0 Å². The fourth-order valence-electron chi connectivity index (χ4n) is 2.90. The van der Waals surface area contributed by atoms with Crippen LogP contribution in [-0.2, 0) is 9.53 Å². The molecule has 0 saturated carbocycles. The molecule has 0 radical (unpaired) electrons. The van der Waals surface area contributed by atoms with Crippen LogP contribution in [0.1, 0.15) is 49.9 Å². The van der Waals surface area contributed by atoms with Crippen LogP contribution in [0.4, 0.5) is 4.39 Å². The third kappa shape index (κ3) is 5.11. The number of ether oxygens (including phenoxy) is 3. The molecule has 1 heterocycles. The van der Waals surface area contributed by atoms with E-state index in [1.54, 1.807) is 18.2 Å². The monoisotopic (exact) mass is 381 g/mol. The van der Waals surface area contributed by atoms with Crippen molar-refractivity contribution >= 4 is 11.9 Å². The van der Waals surface area contributed by atoms with Gasteiger partial charge in [0.1, 0.15) is 11.5 Å². The van der Waals surface area contributed by atoms with Crippen molar-refractivity contribution in [1.82, 2.24) is 4.90 Å². The molecule has 1 aromatic carbocycles. The van der Waals surface area contributed by atoms with Crippen LogP contribution in [0.3, 0.4) is 0 Å². The Kier molecular flexibility index (Phi) is 7.45. The average Bonchev–Trinajstić information content (AvgIpc) is 3.09. The van der Waals surface area contributed by atoms with Crippen molar-refractivity contribution in [3.8, 4) is 11.5 Å². The highest BCUT2D eigenvalue weighted by Gasteiger charge is 2.48. The molecule has 1 aliphatic heterocycles. The molecule has 1 aromatic rings. The lowest BCUT2D eigenvalue weighted by molar-refractivity contribution is -0.153. The van der Waals surface area contributed by atoms with Gasteiger partial charge in [0.25, 0.3) is 5.91 Å². The van der Waals surface area contributed by atoms with Gasteiger partial charge in [-0.3, -0.25) is 4.79 Å². The van der Waals surface area contributed by atoms with Gasteiger partial charge in [-0.05, 0) is 25.0 Å². The zero-order valence-corrected chi connectivity index (χ0v) is 16.3. The number of carbonyl (C=O) groups excluding carboxylic acids is 2. The summed E-state index contributed by atoms with van der Waals surface area (Å²) in [4.78, 5) is 25.9. The van der Waals surface area contributed by atoms with Gasteiger partial charge in [0.05, 0.1) is 32.4 Å². The fourth-order valence-corrected chi connectivity index (χ4v) is 2.90. The molecule has 150 valence electrons. The first kappa shape index (κ1) is 21.0. The Morgan fingerprint density at radius 2 is 1.96 bits per heavy atom. The van der Waals surface area contributed by atoms with E-state index in [4.69, 9.17) is 9.47 Å². The number of benzene rings is 1. The lowest BCUT2D eigenvalue weighted by Gasteiger charge is -2.20. The van der Waals surface area contributed by atoms with Crippen LogP contribution in [0.25, 0.3) is 0 Å². The molecule has 27 heavy (non-hydrogen) atoms. The van der Waals surface area contributed by atoms with Gasteiger partial charge in [-0.15, -0.1) is 0 Å². The van der Waals surface area contributed by atoms with Gasteiger partial charge in [0.15, 0.2) is 0 Å². The number of likely N-dealkylation sites (tertiary alicyclic amines) is 1. The highest BCUT2D eigenvalue weighted by atomic mass is 19.1. The molecule has 0 bridgehead atoms. The first-order chi connectivity index (χ1) is 12.9. The number of esters is 1. The van der Waals surface area contributed by atoms with Crippen molar-refractivity contribution in [2.75, 3.05) is 33.4 Å². The summed E-state index contributed by atoms with van der Waals surface area (Å²) in [5.74, 6) is -0.278. The van der Waals surface area contributed by atoms with Crippen molar-refractivity contribution in [3.05, 3.63) is 23.8 Å². The Bertz CT molecular complexity index is 666. The van der Waals surface area contributed by atoms with Crippen molar-refractivity contribution in [2.24, 2.45) is 0 Å². The first-order valence-corrected chi connectivity index (χ1v) is 9.41. The molecule has 0 N–H and O–H groups in total. The molecule has 1 amide bonds. The number of hydrogen-bond donors (Lipinski definition) is 0. The average molecular weight is 381 g/mol. The SMILES string of the molecule is CCCCOc1cc(OCCC)ccc1C(=O)N1CC[C@](F)(C(=O)OC)C1. The molecule has 0 aliphatic carbocycles. The molecule has 1 atom stereocenters. The normalized spacial score (nSPS) is 19.0. The van der Waals surface area contributed by atoms with Crippen molar-refractivity contribution in [2.45, 2.75) is 45.2 Å². The van der Waals surface area contributed by atoms with E-state index >= 15 is 0 Å². The summed E-state index contributed by atoms with van der Waals surface area (Å²) >= 11 is 0. The van der Waals surface area contributed by atoms with Crippen LogP contribution in [0.15, 0.2) is 18.2 Å². The molecule has 1 aliphatic rings. The minimum atomic E-state index is -2.15. The predicted molar refractivity (Wildman–Crippen MR) is 99.0 cm³/mol. The molecule has 1 saturated heterocycles. The Hall–Kier alpha value is -2.31. The molecular formula is C20H28FNO5. The molecule has 7 heteroatoms. The number of unbranched alkanes of at least 4 members (excludes halogenated alkanes) is 1. The van der Waals surface area contributed by atoms with Gasteiger partial charge in [0, 0.05) is 19.0 Å². The first-order valence-electron chi connectivity index (χ1n) is 9.41. The molecule has 6 nitrogen and oxygen atoms in total. The Labute approximate surface area is 159 Å². The van der Waals surface area contributed by atoms with Crippen LogP contribution in [0.2, 0.25) is 0 Å². The third-order valence-corrected chi connectivity index (χ3v) is 4.47. The highest BCUT2D eigenvalue weighted by Crippen LogP contribution is 2.31. The summed E-state index contributed by atoms with van der Waals surface area (Å²) in [6.45, 7) is 4.93. The van der Waals surface area contributed by atoms with Gasteiger partial charge in [-0.25, -0.2) is 9.18 Å². The number of rotatable bonds is 9. The number of carbonyl (C=O) groups is 2. The summed E-state index contributed by atoms with van der Waals surface area (Å²) in [7, 11) is 1.14. The second-order valence-corrected chi connectivity index (χ2v) is 6.64. The molecule has 0 aromatic heterocycles. The topological polar surface area (TPSA) is 65.1 Å². The largest absolute Gasteiger partial charge is 0.493 e. The predicted octanol–water partition coefficient (Wildman–Crippen LogP) is 3.38. The van der Waals surface area contributed by atoms with Crippen LogP contribution in [0, 0.1) is 0 Å². The number of hydrogen-bond acceptors (Lipinski definition) is 5. The lowest BCUT2D eigenvalue weighted by Crippen LogP contribution is -2.39. The maximum atomic E-state index is 14.7. The number of halogens is 1. The Balaban J connectivity index is 2.19. The van der Waals surface area contributed by atoms with Gasteiger partial charge < -0.3 is 19.1 Å². The second-order valence-electron chi connectivity index (χ2n) is 6.64. The summed E-state index contributed by atoms with van der Waals surface area (Å²) < 4.78 is 30.6. The third-order valence-electron chi connectivity index (χ3n) is 4.47. The standard InChI is InChI=1S/C20H28FNO5/c1-4-6-12-27-17-13-15(26-11-5-2)7-8-16(17)18(23)22-10-9-20(21,14-22)19(24)25-3/h7-8,13H,4-6,9-12,14H2,1-3H3/t20-/m1/s1. The van der Waals surface area contributed by atoms with Crippen molar-refractivity contribution in [3.63, 3.8) is 0 Å². The number of methoxy groups -OCH3 is 1. The molecule has 2 rings (SSSR count). The number of alkyl halides is 1. The molecule has 0 unspecified atom stereocenters.